The molecule has 0 saturated heterocycles. The van der Waals surface area contributed by atoms with Crippen molar-refractivity contribution < 1.29 is 13.6 Å². The van der Waals surface area contributed by atoms with Gasteiger partial charge < -0.3 is 10.6 Å². The normalized spacial score (nSPS) is 10.5. The van der Waals surface area contributed by atoms with E-state index in [4.69, 9.17) is 0 Å². The van der Waals surface area contributed by atoms with Gasteiger partial charge in [-0.15, -0.1) is 0 Å². The van der Waals surface area contributed by atoms with E-state index < -0.39 is 23.2 Å². The van der Waals surface area contributed by atoms with Gasteiger partial charge in [-0.25, -0.2) is 18.7 Å². The van der Waals surface area contributed by atoms with Gasteiger partial charge in [-0.1, -0.05) is 25.8 Å². The highest BCUT2D eigenvalue weighted by Gasteiger charge is 2.15. The lowest BCUT2D eigenvalue weighted by molar-refractivity contribution is 0.102. The summed E-state index contributed by atoms with van der Waals surface area (Å²) in [6.45, 7) is 4.52. The minimum atomic E-state index is -0.841. The molecule has 2 rings (SSSR count). The zero-order chi connectivity index (χ0) is 17.5. The molecule has 0 aliphatic heterocycles. The van der Waals surface area contributed by atoms with Crippen LogP contribution < -0.4 is 10.6 Å². The number of aromatic nitrogens is 2. The maximum atomic E-state index is 13.6. The van der Waals surface area contributed by atoms with Crippen molar-refractivity contribution in [2.45, 2.75) is 33.1 Å². The predicted octanol–water partition coefficient (Wildman–Crippen LogP) is 3.92. The molecular formula is C17H20F2N4O. The van der Waals surface area contributed by atoms with Crippen LogP contribution in [0.15, 0.2) is 24.3 Å². The summed E-state index contributed by atoms with van der Waals surface area (Å²) in [4.78, 5) is 20.5. The highest BCUT2D eigenvalue weighted by Crippen LogP contribution is 2.19. The van der Waals surface area contributed by atoms with Crippen molar-refractivity contribution in [1.82, 2.24) is 9.97 Å². The van der Waals surface area contributed by atoms with Crippen LogP contribution in [0.2, 0.25) is 0 Å². The summed E-state index contributed by atoms with van der Waals surface area (Å²) in [5.41, 5.74) is 0.140. The number of amides is 1. The van der Waals surface area contributed by atoms with E-state index in [2.05, 4.69) is 27.5 Å². The Morgan fingerprint density at radius 1 is 1.17 bits per heavy atom. The molecule has 0 atom stereocenters. The van der Waals surface area contributed by atoms with Crippen LogP contribution in [0.4, 0.5) is 20.4 Å². The molecule has 0 aliphatic rings. The zero-order valence-corrected chi connectivity index (χ0v) is 13.7. The van der Waals surface area contributed by atoms with Crippen LogP contribution in [0.3, 0.4) is 0 Å². The zero-order valence-electron chi connectivity index (χ0n) is 13.7. The summed E-state index contributed by atoms with van der Waals surface area (Å²) < 4.78 is 27.2. The summed E-state index contributed by atoms with van der Waals surface area (Å²) in [5, 5.41) is 5.27. The number of benzene rings is 1. The number of carbonyl (C=O) groups excluding carboxylic acids is 1. The molecule has 128 valence electrons. The van der Waals surface area contributed by atoms with Gasteiger partial charge in [0, 0.05) is 12.2 Å². The Bertz CT molecular complexity index is 701. The molecule has 0 saturated carbocycles. The summed E-state index contributed by atoms with van der Waals surface area (Å²) in [5.74, 6) is -2.05. The van der Waals surface area contributed by atoms with E-state index in [1.807, 2.05) is 0 Å². The number of hydrogen-bond acceptors (Lipinski definition) is 4. The van der Waals surface area contributed by atoms with E-state index in [0.29, 0.717) is 18.2 Å². The molecule has 5 nitrogen and oxygen atoms in total. The first-order valence-electron chi connectivity index (χ1n) is 7.86. The van der Waals surface area contributed by atoms with E-state index in [-0.39, 0.29) is 5.69 Å². The molecule has 1 aromatic carbocycles. The fraction of sp³-hybridized carbons (Fsp3) is 0.353. The van der Waals surface area contributed by atoms with Gasteiger partial charge in [-0.05, 0) is 31.5 Å². The van der Waals surface area contributed by atoms with Crippen molar-refractivity contribution in [1.29, 1.82) is 0 Å². The van der Waals surface area contributed by atoms with Gasteiger partial charge in [0.15, 0.2) is 0 Å². The van der Waals surface area contributed by atoms with E-state index in [0.717, 1.165) is 31.4 Å². The third-order valence-corrected chi connectivity index (χ3v) is 3.35. The predicted molar refractivity (Wildman–Crippen MR) is 89.1 cm³/mol. The van der Waals surface area contributed by atoms with Crippen molar-refractivity contribution in [3.63, 3.8) is 0 Å². The van der Waals surface area contributed by atoms with Crippen LogP contribution >= 0.6 is 0 Å². The van der Waals surface area contributed by atoms with Crippen molar-refractivity contribution in [2.24, 2.45) is 0 Å². The summed E-state index contributed by atoms with van der Waals surface area (Å²) in [6, 6.07) is 4.84. The number of para-hydroxylation sites is 1. The molecule has 2 N–H and O–H groups in total. The van der Waals surface area contributed by atoms with Gasteiger partial charge in [0.2, 0.25) is 5.95 Å². The molecule has 24 heavy (non-hydrogen) atoms. The van der Waals surface area contributed by atoms with E-state index in [9.17, 15) is 13.6 Å². The average Bonchev–Trinajstić information content (AvgIpc) is 2.54. The number of rotatable bonds is 7. The number of nitrogens with zero attached hydrogens (tertiary/aromatic N) is 2. The maximum Gasteiger partial charge on any atom is 0.274 e. The quantitative estimate of drug-likeness (QED) is 0.753. The Hall–Kier alpha value is -2.57. The van der Waals surface area contributed by atoms with E-state index in [1.165, 1.54) is 12.1 Å². The molecule has 0 radical (unpaired) electrons. The Kier molecular flexibility index (Phi) is 6.17. The second-order valence-corrected chi connectivity index (χ2v) is 5.40. The fourth-order valence-corrected chi connectivity index (χ4v) is 2.13. The summed E-state index contributed by atoms with van der Waals surface area (Å²) in [7, 11) is 0. The second-order valence-electron chi connectivity index (χ2n) is 5.40. The number of hydrogen-bond donors (Lipinski definition) is 2. The van der Waals surface area contributed by atoms with Crippen molar-refractivity contribution in [3.05, 3.63) is 47.3 Å². The topological polar surface area (TPSA) is 66.9 Å². The first kappa shape index (κ1) is 17.8. The lowest BCUT2D eigenvalue weighted by Gasteiger charge is -2.09. The highest BCUT2D eigenvalue weighted by atomic mass is 19.1. The largest absolute Gasteiger partial charge is 0.354 e. The lowest BCUT2D eigenvalue weighted by atomic mass is 10.2. The van der Waals surface area contributed by atoms with Crippen LogP contribution in [0, 0.1) is 18.6 Å². The minimum Gasteiger partial charge on any atom is -0.354 e. The summed E-state index contributed by atoms with van der Waals surface area (Å²) in [6.07, 6.45) is 3.15. The molecule has 1 aromatic heterocycles. The Labute approximate surface area is 139 Å². The first-order valence-corrected chi connectivity index (χ1v) is 7.86. The molecule has 1 heterocycles. The number of unbranched alkanes of at least 4 members (excludes halogenated alkanes) is 2. The molecule has 0 spiro atoms. The molecule has 1 amide bonds. The van der Waals surface area contributed by atoms with Gasteiger partial charge in [0.1, 0.15) is 23.0 Å². The molecular weight excluding hydrogens is 314 g/mol. The minimum absolute atomic E-state index is 0.0446. The van der Waals surface area contributed by atoms with Crippen LogP contribution in [-0.4, -0.2) is 22.4 Å². The van der Waals surface area contributed by atoms with Crippen LogP contribution in [0.5, 0.6) is 0 Å². The molecule has 0 bridgehead atoms. The van der Waals surface area contributed by atoms with Crippen LogP contribution in [-0.2, 0) is 0 Å². The number of aryl methyl sites for hydroxylation is 1. The fourth-order valence-electron chi connectivity index (χ4n) is 2.13. The third kappa shape index (κ3) is 4.71. The van der Waals surface area contributed by atoms with Crippen molar-refractivity contribution in [2.75, 3.05) is 17.2 Å². The van der Waals surface area contributed by atoms with Gasteiger partial charge in [-0.2, -0.15) is 0 Å². The monoisotopic (exact) mass is 334 g/mol. The van der Waals surface area contributed by atoms with Crippen molar-refractivity contribution >= 4 is 17.5 Å². The molecule has 0 aliphatic carbocycles. The molecule has 7 heteroatoms. The van der Waals surface area contributed by atoms with Gasteiger partial charge in [-0.3, -0.25) is 4.79 Å². The smallest absolute Gasteiger partial charge is 0.274 e. The van der Waals surface area contributed by atoms with E-state index >= 15 is 0 Å². The second kappa shape index (κ2) is 8.33. The van der Waals surface area contributed by atoms with E-state index in [1.54, 1.807) is 6.92 Å². The number of nitrogens with one attached hydrogen (secondary N) is 2. The third-order valence-electron chi connectivity index (χ3n) is 3.35. The highest BCUT2D eigenvalue weighted by molar-refractivity contribution is 6.03. The molecule has 0 fully saturated rings. The Balaban J connectivity index is 2.13. The Morgan fingerprint density at radius 2 is 1.88 bits per heavy atom. The first-order chi connectivity index (χ1) is 11.5. The standard InChI is InChI=1S/C17H20F2N4O/c1-3-4-5-9-20-17-21-11(2)10-14(22-17)16(24)23-15-12(18)7-6-8-13(15)19/h6-8,10H,3-5,9H2,1-2H3,(H,23,24)(H,20,21,22). The van der Waals surface area contributed by atoms with Crippen LogP contribution in [0.1, 0.15) is 42.4 Å². The van der Waals surface area contributed by atoms with Gasteiger partial charge in [0.05, 0.1) is 0 Å². The maximum absolute atomic E-state index is 13.6. The van der Waals surface area contributed by atoms with Crippen molar-refractivity contribution in [3.8, 4) is 0 Å². The molecule has 0 unspecified atom stereocenters. The summed E-state index contributed by atoms with van der Waals surface area (Å²) >= 11 is 0. The van der Waals surface area contributed by atoms with Gasteiger partial charge in [0.25, 0.3) is 5.91 Å². The number of anilines is 2. The molecule has 2 aromatic rings. The Morgan fingerprint density at radius 3 is 2.54 bits per heavy atom. The lowest BCUT2D eigenvalue weighted by Crippen LogP contribution is -2.18. The number of halogens is 2. The number of carbonyl (C=O) groups is 1. The van der Waals surface area contributed by atoms with Crippen LogP contribution in [0.25, 0.3) is 0 Å². The SMILES string of the molecule is CCCCCNc1nc(C)cc(C(=O)Nc2c(F)cccc2F)n1. The average molecular weight is 334 g/mol. The van der Waals surface area contributed by atoms with Gasteiger partial charge >= 0.3 is 0 Å².